The van der Waals surface area contributed by atoms with Gasteiger partial charge in [0.2, 0.25) is 5.91 Å². The molecule has 1 aliphatic heterocycles. The fraction of sp³-hybridized carbons (Fsp3) is 0.412. The second-order valence-corrected chi connectivity index (χ2v) is 6.12. The number of carbonyl (C=O) groups is 1. The van der Waals surface area contributed by atoms with E-state index in [0.29, 0.717) is 19.4 Å². The number of rotatable bonds is 5. The smallest absolute Gasteiger partial charge is 0.220 e. The standard InChI is InChI=1S/C17H20N6O/c24-17(9-8-14-19-12-5-1-2-6-13(12)20-14)18-11-16-22-21-15-7-3-4-10-23(15)16/h1-2,5-6H,3-4,7-11H2,(H,18,24)(H,19,20). The van der Waals surface area contributed by atoms with Crippen molar-refractivity contribution in [3.63, 3.8) is 0 Å². The lowest BCUT2D eigenvalue weighted by atomic mass is 10.2. The lowest BCUT2D eigenvalue weighted by molar-refractivity contribution is -0.121. The first-order valence-electron chi connectivity index (χ1n) is 8.41. The molecule has 4 rings (SSSR count). The van der Waals surface area contributed by atoms with Crippen LogP contribution in [0.1, 0.15) is 36.7 Å². The minimum Gasteiger partial charge on any atom is -0.349 e. The van der Waals surface area contributed by atoms with E-state index in [1.807, 2.05) is 24.3 Å². The molecule has 1 aromatic carbocycles. The number of H-pyrrole nitrogens is 1. The monoisotopic (exact) mass is 324 g/mol. The summed E-state index contributed by atoms with van der Waals surface area (Å²) in [6, 6.07) is 7.87. The van der Waals surface area contributed by atoms with Gasteiger partial charge >= 0.3 is 0 Å². The maximum Gasteiger partial charge on any atom is 0.220 e. The Morgan fingerprint density at radius 1 is 1.25 bits per heavy atom. The SMILES string of the molecule is O=C(CCc1nc2ccccc2[nH]1)NCc1nnc2n1CCCC2. The summed E-state index contributed by atoms with van der Waals surface area (Å²) in [4.78, 5) is 19.8. The summed E-state index contributed by atoms with van der Waals surface area (Å²) in [6.07, 6.45) is 4.30. The molecule has 2 aromatic heterocycles. The number of aromatic amines is 1. The summed E-state index contributed by atoms with van der Waals surface area (Å²) in [7, 11) is 0. The molecule has 2 N–H and O–H groups in total. The van der Waals surface area contributed by atoms with E-state index in [1.54, 1.807) is 0 Å². The Morgan fingerprint density at radius 3 is 3.08 bits per heavy atom. The second-order valence-electron chi connectivity index (χ2n) is 6.12. The summed E-state index contributed by atoms with van der Waals surface area (Å²) in [5.74, 6) is 2.73. The van der Waals surface area contributed by atoms with Crippen molar-refractivity contribution in [1.82, 2.24) is 30.0 Å². The number of para-hydroxylation sites is 2. The molecule has 0 fully saturated rings. The molecule has 0 aliphatic carbocycles. The van der Waals surface area contributed by atoms with Crippen molar-refractivity contribution >= 4 is 16.9 Å². The van der Waals surface area contributed by atoms with Crippen LogP contribution in [0.3, 0.4) is 0 Å². The van der Waals surface area contributed by atoms with E-state index < -0.39 is 0 Å². The number of amides is 1. The van der Waals surface area contributed by atoms with Gasteiger partial charge in [0.25, 0.3) is 0 Å². The number of nitrogens with one attached hydrogen (secondary N) is 2. The van der Waals surface area contributed by atoms with Crippen LogP contribution in [0.4, 0.5) is 0 Å². The normalized spacial score (nSPS) is 13.8. The van der Waals surface area contributed by atoms with E-state index in [2.05, 4.69) is 30.0 Å². The molecule has 0 saturated carbocycles. The molecular formula is C17H20N6O. The lowest BCUT2D eigenvalue weighted by Crippen LogP contribution is -2.26. The quantitative estimate of drug-likeness (QED) is 0.748. The number of aromatic nitrogens is 5. The largest absolute Gasteiger partial charge is 0.349 e. The molecule has 7 nitrogen and oxygen atoms in total. The minimum absolute atomic E-state index is 0.00335. The maximum absolute atomic E-state index is 12.1. The van der Waals surface area contributed by atoms with Crippen LogP contribution in [0.25, 0.3) is 11.0 Å². The molecule has 0 unspecified atom stereocenters. The van der Waals surface area contributed by atoms with Crippen molar-refractivity contribution in [2.45, 2.75) is 45.2 Å². The summed E-state index contributed by atoms with van der Waals surface area (Å²) in [5, 5.41) is 11.3. The Hall–Kier alpha value is -2.70. The van der Waals surface area contributed by atoms with Gasteiger partial charge in [0.15, 0.2) is 5.82 Å². The first-order valence-corrected chi connectivity index (χ1v) is 8.41. The Balaban J connectivity index is 1.31. The first kappa shape index (κ1) is 14.9. The Kier molecular flexibility index (Phi) is 3.98. The number of imidazole rings is 1. The third-order valence-electron chi connectivity index (χ3n) is 4.41. The van der Waals surface area contributed by atoms with Gasteiger partial charge in [-0.3, -0.25) is 4.79 Å². The molecular weight excluding hydrogens is 304 g/mol. The number of carbonyl (C=O) groups excluding carboxylic acids is 1. The molecule has 3 heterocycles. The van der Waals surface area contributed by atoms with E-state index in [4.69, 9.17) is 0 Å². The highest BCUT2D eigenvalue weighted by Crippen LogP contribution is 2.14. The van der Waals surface area contributed by atoms with Crippen LogP contribution >= 0.6 is 0 Å². The van der Waals surface area contributed by atoms with Gasteiger partial charge in [-0.15, -0.1) is 10.2 Å². The van der Waals surface area contributed by atoms with Crippen molar-refractivity contribution < 1.29 is 4.79 Å². The zero-order valence-electron chi connectivity index (χ0n) is 13.5. The van der Waals surface area contributed by atoms with E-state index in [1.165, 1.54) is 6.42 Å². The van der Waals surface area contributed by atoms with Gasteiger partial charge in [0.1, 0.15) is 11.6 Å². The zero-order chi connectivity index (χ0) is 16.4. The highest BCUT2D eigenvalue weighted by Gasteiger charge is 2.16. The van der Waals surface area contributed by atoms with Gasteiger partial charge in [-0.05, 0) is 25.0 Å². The summed E-state index contributed by atoms with van der Waals surface area (Å²) < 4.78 is 2.13. The van der Waals surface area contributed by atoms with Crippen LogP contribution in [0.5, 0.6) is 0 Å². The molecule has 3 aromatic rings. The second kappa shape index (κ2) is 6.43. The van der Waals surface area contributed by atoms with Crippen LogP contribution < -0.4 is 5.32 Å². The molecule has 124 valence electrons. The molecule has 0 radical (unpaired) electrons. The molecule has 24 heavy (non-hydrogen) atoms. The lowest BCUT2D eigenvalue weighted by Gasteiger charge is -2.14. The van der Waals surface area contributed by atoms with E-state index in [9.17, 15) is 4.79 Å². The van der Waals surface area contributed by atoms with Gasteiger partial charge in [-0.2, -0.15) is 0 Å². The Morgan fingerprint density at radius 2 is 2.17 bits per heavy atom. The van der Waals surface area contributed by atoms with Gasteiger partial charge in [-0.25, -0.2) is 4.98 Å². The number of benzene rings is 1. The van der Waals surface area contributed by atoms with Crippen molar-refractivity contribution in [2.75, 3.05) is 0 Å². The van der Waals surface area contributed by atoms with Gasteiger partial charge < -0.3 is 14.9 Å². The topological polar surface area (TPSA) is 88.5 Å². The third-order valence-corrected chi connectivity index (χ3v) is 4.41. The number of hydrogen-bond acceptors (Lipinski definition) is 4. The van der Waals surface area contributed by atoms with Crippen LogP contribution in [-0.4, -0.2) is 30.6 Å². The Bertz CT molecular complexity index is 832. The Labute approximate surface area is 139 Å². The molecule has 0 saturated heterocycles. The zero-order valence-corrected chi connectivity index (χ0v) is 13.5. The van der Waals surface area contributed by atoms with Crippen LogP contribution in [-0.2, 0) is 30.7 Å². The molecule has 1 amide bonds. The predicted molar refractivity (Wildman–Crippen MR) is 89.2 cm³/mol. The average molecular weight is 324 g/mol. The fourth-order valence-electron chi connectivity index (χ4n) is 3.12. The van der Waals surface area contributed by atoms with Crippen LogP contribution in [0.2, 0.25) is 0 Å². The average Bonchev–Trinajstić information content (AvgIpc) is 3.21. The van der Waals surface area contributed by atoms with E-state index >= 15 is 0 Å². The minimum atomic E-state index is 0.00335. The maximum atomic E-state index is 12.1. The van der Waals surface area contributed by atoms with Crippen molar-refractivity contribution in [1.29, 1.82) is 0 Å². The number of fused-ring (bicyclic) bond motifs is 2. The summed E-state index contributed by atoms with van der Waals surface area (Å²) >= 11 is 0. The predicted octanol–water partition coefficient (Wildman–Crippen LogP) is 1.74. The van der Waals surface area contributed by atoms with Gasteiger partial charge in [-0.1, -0.05) is 12.1 Å². The molecule has 0 bridgehead atoms. The van der Waals surface area contributed by atoms with Crippen molar-refractivity contribution in [3.05, 3.63) is 41.7 Å². The number of aryl methyl sites for hydroxylation is 2. The molecule has 1 aliphatic rings. The fourth-order valence-corrected chi connectivity index (χ4v) is 3.12. The third kappa shape index (κ3) is 3.02. The molecule has 0 atom stereocenters. The summed E-state index contributed by atoms with van der Waals surface area (Å²) in [5.41, 5.74) is 1.94. The first-order chi connectivity index (χ1) is 11.8. The van der Waals surface area contributed by atoms with Gasteiger partial charge in [0.05, 0.1) is 17.6 Å². The van der Waals surface area contributed by atoms with E-state index in [-0.39, 0.29) is 5.91 Å². The van der Waals surface area contributed by atoms with Crippen molar-refractivity contribution in [2.24, 2.45) is 0 Å². The van der Waals surface area contributed by atoms with Crippen molar-refractivity contribution in [3.8, 4) is 0 Å². The molecule has 0 spiro atoms. The van der Waals surface area contributed by atoms with Crippen LogP contribution in [0.15, 0.2) is 24.3 Å². The number of nitrogens with zero attached hydrogens (tertiary/aromatic N) is 4. The van der Waals surface area contributed by atoms with E-state index in [0.717, 1.165) is 47.9 Å². The number of hydrogen-bond donors (Lipinski definition) is 2. The summed E-state index contributed by atoms with van der Waals surface area (Å²) in [6.45, 7) is 1.39. The highest BCUT2D eigenvalue weighted by atomic mass is 16.1. The molecule has 7 heteroatoms. The van der Waals surface area contributed by atoms with Gasteiger partial charge in [0, 0.05) is 25.8 Å². The van der Waals surface area contributed by atoms with Crippen LogP contribution in [0, 0.1) is 0 Å². The highest BCUT2D eigenvalue weighted by molar-refractivity contribution is 5.77.